The van der Waals surface area contributed by atoms with E-state index in [-0.39, 0.29) is 10.9 Å². The number of halogens is 3. The molecule has 0 aliphatic rings. The first-order valence-corrected chi connectivity index (χ1v) is 4.90. The Morgan fingerprint density at radius 3 is 2.56 bits per heavy atom. The summed E-state index contributed by atoms with van der Waals surface area (Å²) >= 11 is 0. The number of aromatic amines is 1. The van der Waals surface area contributed by atoms with Crippen LogP contribution in [0.4, 0.5) is 13.2 Å². The van der Waals surface area contributed by atoms with Gasteiger partial charge in [0.25, 0.3) is 0 Å². The van der Waals surface area contributed by atoms with Crippen LogP contribution in [0.15, 0.2) is 24.4 Å². The topological polar surface area (TPSA) is 73.3 Å². The highest BCUT2D eigenvalue weighted by atomic mass is 19.4. The summed E-state index contributed by atoms with van der Waals surface area (Å²) in [5.41, 5.74) is -0.657. The smallest absolute Gasteiger partial charge is 0.416 e. The Morgan fingerprint density at radius 1 is 1.33 bits per heavy atom. The van der Waals surface area contributed by atoms with E-state index in [4.69, 9.17) is 5.11 Å². The third kappa shape index (κ3) is 2.04. The molecule has 1 heterocycles. The normalized spacial score (nSPS) is 13.8. The van der Waals surface area contributed by atoms with Crippen molar-refractivity contribution in [2.24, 2.45) is 0 Å². The van der Waals surface area contributed by atoms with Gasteiger partial charge in [-0.05, 0) is 18.2 Å². The van der Waals surface area contributed by atoms with E-state index in [1.807, 2.05) is 0 Å². The van der Waals surface area contributed by atoms with E-state index in [0.717, 1.165) is 12.1 Å². The van der Waals surface area contributed by atoms with Crippen LogP contribution in [0, 0.1) is 0 Å². The number of aromatic nitrogens is 1. The molecule has 4 nitrogen and oxygen atoms in total. The predicted molar refractivity (Wildman–Crippen MR) is 55.9 cm³/mol. The number of carboxylic acid groups (broad SMARTS) is 1. The maximum Gasteiger partial charge on any atom is 0.416 e. The standard InChI is InChI=1S/C11H8F3NO3/c12-11(13,14)5-1-2-8-6(3-5)7(4-15-8)9(16)10(17)18/h1-4,9,15-16H,(H,17,18). The van der Waals surface area contributed by atoms with E-state index in [1.165, 1.54) is 12.3 Å². The number of benzene rings is 1. The minimum Gasteiger partial charge on any atom is -0.479 e. The molecular formula is C11H8F3NO3. The average Bonchev–Trinajstić information content (AvgIpc) is 2.69. The van der Waals surface area contributed by atoms with Gasteiger partial charge in [0.1, 0.15) is 0 Å². The van der Waals surface area contributed by atoms with Gasteiger partial charge in [0.05, 0.1) is 5.56 Å². The molecule has 3 N–H and O–H groups in total. The first-order chi connectivity index (χ1) is 8.30. The summed E-state index contributed by atoms with van der Waals surface area (Å²) in [6.45, 7) is 0. The number of H-pyrrole nitrogens is 1. The van der Waals surface area contributed by atoms with E-state index in [0.29, 0.717) is 5.52 Å². The molecule has 7 heteroatoms. The predicted octanol–water partition coefficient (Wildman–Crippen LogP) is 2.30. The molecule has 0 radical (unpaired) electrons. The Bertz CT molecular complexity index is 603. The van der Waals surface area contributed by atoms with Gasteiger partial charge >= 0.3 is 12.1 Å². The quantitative estimate of drug-likeness (QED) is 0.774. The van der Waals surface area contributed by atoms with E-state index >= 15 is 0 Å². The van der Waals surface area contributed by atoms with Crippen molar-refractivity contribution in [1.29, 1.82) is 0 Å². The van der Waals surface area contributed by atoms with Crippen molar-refractivity contribution in [3.63, 3.8) is 0 Å². The maximum absolute atomic E-state index is 12.5. The molecule has 0 amide bonds. The van der Waals surface area contributed by atoms with Crippen molar-refractivity contribution in [2.45, 2.75) is 12.3 Å². The molecule has 1 aromatic carbocycles. The van der Waals surface area contributed by atoms with Gasteiger partial charge in [0.15, 0.2) is 6.10 Å². The summed E-state index contributed by atoms with van der Waals surface area (Å²) in [7, 11) is 0. The summed E-state index contributed by atoms with van der Waals surface area (Å²) in [6.07, 6.45) is -5.19. The SMILES string of the molecule is O=C(O)C(O)c1c[nH]c2ccc(C(F)(F)F)cc12. The van der Waals surface area contributed by atoms with Gasteiger partial charge in [0, 0.05) is 22.7 Å². The fraction of sp³-hybridized carbons (Fsp3) is 0.182. The van der Waals surface area contributed by atoms with Gasteiger partial charge in [0.2, 0.25) is 0 Å². The minimum atomic E-state index is -4.52. The van der Waals surface area contributed by atoms with Crippen LogP contribution >= 0.6 is 0 Å². The molecule has 0 saturated carbocycles. The first kappa shape index (κ1) is 12.4. The number of fused-ring (bicyclic) bond motifs is 1. The van der Waals surface area contributed by atoms with Crippen molar-refractivity contribution < 1.29 is 28.2 Å². The molecule has 1 unspecified atom stereocenters. The molecule has 0 fully saturated rings. The van der Waals surface area contributed by atoms with Gasteiger partial charge in [-0.15, -0.1) is 0 Å². The number of hydrogen-bond acceptors (Lipinski definition) is 2. The van der Waals surface area contributed by atoms with Crippen LogP contribution in [0.2, 0.25) is 0 Å². The summed E-state index contributed by atoms with van der Waals surface area (Å²) in [6, 6.07) is 2.89. The zero-order chi connectivity index (χ0) is 13.5. The fourth-order valence-corrected chi connectivity index (χ4v) is 1.68. The fourth-order valence-electron chi connectivity index (χ4n) is 1.68. The van der Waals surface area contributed by atoms with Crippen molar-refractivity contribution in [1.82, 2.24) is 4.98 Å². The van der Waals surface area contributed by atoms with Gasteiger partial charge in [-0.1, -0.05) is 0 Å². The zero-order valence-corrected chi connectivity index (χ0v) is 8.82. The van der Waals surface area contributed by atoms with E-state index < -0.39 is 23.8 Å². The van der Waals surface area contributed by atoms with Crippen LogP contribution in [-0.2, 0) is 11.0 Å². The molecule has 1 aromatic heterocycles. The van der Waals surface area contributed by atoms with Crippen LogP contribution in [-0.4, -0.2) is 21.2 Å². The summed E-state index contributed by atoms with van der Waals surface area (Å²) in [4.78, 5) is 13.2. The number of alkyl halides is 3. The Morgan fingerprint density at radius 2 is 2.00 bits per heavy atom. The third-order valence-corrected chi connectivity index (χ3v) is 2.57. The van der Waals surface area contributed by atoms with Crippen LogP contribution < -0.4 is 0 Å². The number of aliphatic hydroxyl groups excluding tert-OH is 1. The van der Waals surface area contributed by atoms with Crippen molar-refractivity contribution in [3.05, 3.63) is 35.5 Å². The summed E-state index contributed by atoms with van der Waals surface area (Å²) in [5.74, 6) is -1.52. The lowest BCUT2D eigenvalue weighted by molar-refractivity contribution is -0.146. The van der Waals surface area contributed by atoms with Gasteiger partial charge in [-0.2, -0.15) is 13.2 Å². The van der Waals surface area contributed by atoms with Crippen LogP contribution in [0.3, 0.4) is 0 Å². The Labute approximate surface area is 98.7 Å². The Hall–Kier alpha value is -2.02. The van der Waals surface area contributed by atoms with Gasteiger partial charge < -0.3 is 15.2 Å². The number of aliphatic carboxylic acids is 1. The number of carbonyl (C=O) groups is 1. The van der Waals surface area contributed by atoms with Gasteiger partial charge in [-0.3, -0.25) is 0 Å². The van der Waals surface area contributed by atoms with Crippen molar-refractivity contribution >= 4 is 16.9 Å². The Balaban J connectivity index is 2.60. The van der Waals surface area contributed by atoms with E-state index in [2.05, 4.69) is 4.98 Å². The van der Waals surface area contributed by atoms with Crippen LogP contribution in [0.1, 0.15) is 17.2 Å². The molecular weight excluding hydrogens is 251 g/mol. The molecule has 18 heavy (non-hydrogen) atoms. The second-order valence-corrected chi connectivity index (χ2v) is 3.74. The number of rotatable bonds is 2. The lowest BCUT2D eigenvalue weighted by atomic mass is 10.1. The van der Waals surface area contributed by atoms with Crippen LogP contribution in [0.25, 0.3) is 10.9 Å². The lowest BCUT2D eigenvalue weighted by Gasteiger charge is -2.08. The number of nitrogens with one attached hydrogen (secondary N) is 1. The molecule has 2 rings (SSSR count). The summed E-state index contributed by atoms with van der Waals surface area (Å²) in [5, 5.41) is 18.1. The molecule has 1 atom stereocenters. The first-order valence-electron chi connectivity index (χ1n) is 4.90. The minimum absolute atomic E-state index is 0.0414. The van der Waals surface area contributed by atoms with Crippen molar-refractivity contribution in [2.75, 3.05) is 0 Å². The lowest BCUT2D eigenvalue weighted by Crippen LogP contribution is -2.10. The molecule has 2 aromatic rings. The average molecular weight is 259 g/mol. The van der Waals surface area contributed by atoms with E-state index in [9.17, 15) is 23.1 Å². The largest absolute Gasteiger partial charge is 0.479 e. The number of carboxylic acids is 1. The highest BCUT2D eigenvalue weighted by molar-refractivity contribution is 5.89. The molecule has 0 spiro atoms. The monoisotopic (exact) mass is 259 g/mol. The highest BCUT2D eigenvalue weighted by Crippen LogP contribution is 2.33. The number of aliphatic hydroxyl groups is 1. The van der Waals surface area contributed by atoms with E-state index in [1.54, 1.807) is 0 Å². The highest BCUT2D eigenvalue weighted by Gasteiger charge is 2.31. The molecule has 0 bridgehead atoms. The zero-order valence-electron chi connectivity index (χ0n) is 8.82. The molecule has 0 aliphatic carbocycles. The molecule has 96 valence electrons. The second kappa shape index (κ2) is 4.02. The Kier molecular flexibility index (Phi) is 2.78. The molecule has 0 saturated heterocycles. The second-order valence-electron chi connectivity index (χ2n) is 3.74. The van der Waals surface area contributed by atoms with Crippen molar-refractivity contribution in [3.8, 4) is 0 Å². The number of hydrogen-bond donors (Lipinski definition) is 3. The molecule has 0 aliphatic heterocycles. The van der Waals surface area contributed by atoms with Gasteiger partial charge in [-0.25, -0.2) is 4.79 Å². The third-order valence-electron chi connectivity index (χ3n) is 2.57. The van der Waals surface area contributed by atoms with Crippen LogP contribution in [0.5, 0.6) is 0 Å². The maximum atomic E-state index is 12.5. The summed E-state index contributed by atoms with van der Waals surface area (Å²) < 4.78 is 37.6.